The summed E-state index contributed by atoms with van der Waals surface area (Å²) < 4.78 is 13.2. The molecule has 1 unspecified atom stereocenters. The quantitative estimate of drug-likeness (QED) is 0.730. The second-order valence-electron chi connectivity index (χ2n) is 10.5. The van der Waals surface area contributed by atoms with Crippen LogP contribution in [0.4, 0.5) is 4.39 Å². The molecule has 3 nitrogen and oxygen atoms in total. The molecule has 3 saturated carbocycles. The highest BCUT2D eigenvalue weighted by Crippen LogP contribution is 2.59. The lowest BCUT2D eigenvalue weighted by Crippen LogP contribution is -2.51. The highest BCUT2D eigenvalue weighted by molar-refractivity contribution is 5.38. The average Bonchev–Trinajstić information content (AvgIpc) is 2.99. The molecule has 1 aliphatic heterocycles. The third kappa shape index (κ3) is 4.13. The first-order valence-corrected chi connectivity index (χ1v) is 11.6. The predicted molar refractivity (Wildman–Crippen MR) is 115 cm³/mol. The van der Waals surface area contributed by atoms with Crippen molar-refractivity contribution in [3.63, 3.8) is 0 Å². The van der Waals surface area contributed by atoms with Crippen LogP contribution in [0.1, 0.15) is 58.8 Å². The summed E-state index contributed by atoms with van der Waals surface area (Å²) in [4.78, 5) is 2.28. The lowest BCUT2D eigenvalue weighted by atomic mass is 9.61. The molecule has 162 valence electrons. The number of alkyl halides is 1. The molecule has 1 heterocycles. The second-order valence-corrected chi connectivity index (χ2v) is 10.5. The van der Waals surface area contributed by atoms with Crippen LogP contribution in [0, 0.1) is 23.2 Å². The number of rotatable bonds is 4. The Balaban J connectivity index is 1.47. The SMILES string of the molecule is C=C1/C(=C\C=C2/CCC[C@]3(C)[C@@H](C(C)CN4CC(F)C4)CC[C@@H]23)C[C@@H](O)C[C@@H]1O. The van der Waals surface area contributed by atoms with Gasteiger partial charge in [-0.05, 0) is 72.8 Å². The van der Waals surface area contributed by atoms with E-state index in [2.05, 4.69) is 37.5 Å². The van der Waals surface area contributed by atoms with Gasteiger partial charge in [0.25, 0.3) is 0 Å². The molecule has 0 spiro atoms. The lowest BCUT2D eigenvalue weighted by molar-refractivity contribution is 0.0226. The Labute approximate surface area is 175 Å². The van der Waals surface area contributed by atoms with Crippen LogP contribution in [0.5, 0.6) is 0 Å². The summed E-state index contributed by atoms with van der Waals surface area (Å²) in [5, 5.41) is 20.1. The fourth-order valence-corrected chi connectivity index (χ4v) is 6.87. The van der Waals surface area contributed by atoms with Crippen LogP contribution < -0.4 is 0 Å². The summed E-state index contributed by atoms with van der Waals surface area (Å²) >= 11 is 0. The summed E-state index contributed by atoms with van der Waals surface area (Å²) in [6, 6.07) is 0. The Hall–Kier alpha value is -0.970. The summed E-state index contributed by atoms with van der Waals surface area (Å²) in [6.07, 6.45) is 9.86. The van der Waals surface area contributed by atoms with Gasteiger partial charge >= 0.3 is 0 Å². The molecule has 6 atom stereocenters. The third-order valence-corrected chi connectivity index (χ3v) is 8.45. The molecule has 4 fully saturated rings. The van der Waals surface area contributed by atoms with Gasteiger partial charge in [0.2, 0.25) is 0 Å². The maximum Gasteiger partial charge on any atom is 0.125 e. The first-order chi connectivity index (χ1) is 13.8. The number of likely N-dealkylation sites (tertiary alicyclic amines) is 1. The number of halogens is 1. The number of aliphatic hydroxyl groups is 2. The Morgan fingerprint density at radius 3 is 2.76 bits per heavy atom. The molecular formula is C25H38FNO2. The van der Waals surface area contributed by atoms with E-state index in [-0.39, 0.29) is 0 Å². The van der Waals surface area contributed by atoms with E-state index in [0.717, 1.165) is 24.1 Å². The van der Waals surface area contributed by atoms with E-state index in [0.29, 0.717) is 49.1 Å². The number of nitrogens with zero attached hydrogens (tertiary/aromatic N) is 1. The van der Waals surface area contributed by atoms with Gasteiger partial charge in [-0.25, -0.2) is 4.39 Å². The average molecular weight is 404 g/mol. The smallest absolute Gasteiger partial charge is 0.125 e. The Morgan fingerprint density at radius 2 is 2.03 bits per heavy atom. The molecule has 0 amide bonds. The van der Waals surface area contributed by atoms with Crippen molar-refractivity contribution in [3.8, 4) is 0 Å². The molecule has 1 saturated heterocycles. The van der Waals surface area contributed by atoms with Gasteiger partial charge in [0.1, 0.15) is 6.17 Å². The molecule has 0 radical (unpaired) electrons. The number of hydrogen-bond donors (Lipinski definition) is 2. The van der Waals surface area contributed by atoms with E-state index in [1.165, 1.54) is 31.3 Å². The molecule has 4 heteroatoms. The van der Waals surface area contributed by atoms with Gasteiger partial charge in [0, 0.05) is 26.1 Å². The zero-order valence-corrected chi connectivity index (χ0v) is 18.1. The van der Waals surface area contributed by atoms with Crippen molar-refractivity contribution in [1.82, 2.24) is 4.90 Å². The highest BCUT2D eigenvalue weighted by Gasteiger charge is 2.51. The first kappa shape index (κ1) is 21.3. The number of fused-ring (bicyclic) bond motifs is 1. The van der Waals surface area contributed by atoms with Crippen molar-refractivity contribution in [2.24, 2.45) is 23.2 Å². The van der Waals surface area contributed by atoms with Crippen LogP contribution in [0.2, 0.25) is 0 Å². The topological polar surface area (TPSA) is 43.7 Å². The van der Waals surface area contributed by atoms with E-state index in [9.17, 15) is 14.6 Å². The molecule has 4 rings (SSSR count). The van der Waals surface area contributed by atoms with Crippen LogP contribution in [0.15, 0.2) is 35.5 Å². The molecule has 2 N–H and O–H groups in total. The van der Waals surface area contributed by atoms with Crippen LogP contribution in [0.25, 0.3) is 0 Å². The van der Waals surface area contributed by atoms with Gasteiger partial charge in [0.15, 0.2) is 0 Å². The minimum atomic E-state index is -0.623. The van der Waals surface area contributed by atoms with E-state index < -0.39 is 18.4 Å². The van der Waals surface area contributed by atoms with E-state index in [1.807, 2.05) is 0 Å². The minimum absolute atomic E-state index is 0.338. The van der Waals surface area contributed by atoms with Gasteiger partial charge in [-0.2, -0.15) is 0 Å². The highest BCUT2D eigenvalue weighted by atomic mass is 19.1. The van der Waals surface area contributed by atoms with E-state index >= 15 is 0 Å². The number of allylic oxidation sites excluding steroid dienone is 3. The minimum Gasteiger partial charge on any atom is -0.393 e. The molecule has 0 bridgehead atoms. The van der Waals surface area contributed by atoms with E-state index in [4.69, 9.17) is 0 Å². The number of aliphatic hydroxyl groups excluding tert-OH is 2. The predicted octanol–water partition coefficient (Wildman–Crippen LogP) is 4.42. The van der Waals surface area contributed by atoms with Crippen LogP contribution in [-0.2, 0) is 0 Å². The molecule has 4 aliphatic rings. The number of hydrogen-bond acceptors (Lipinski definition) is 3. The van der Waals surface area contributed by atoms with Crippen molar-refractivity contribution in [1.29, 1.82) is 0 Å². The van der Waals surface area contributed by atoms with Crippen molar-refractivity contribution >= 4 is 0 Å². The maximum atomic E-state index is 13.2. The Bertz CT molecular complexity index is 695. The van der Waals surface area contributed by atoms with Crippen LogP contribution in [-0.4, -0.2) is 53.1 Å². The van der Waals surface area contributed by atoms with Gasteiger partial charge in [0.05, 0.1) is 12.2 Å². The summed E-state index contributed by atoms with van der Waals surface area (Å²) in [5.41, 5.74) is 3.64. The van der Waals surface area contributed by atoms with Crippen molar-refractivity contribution in [3.05, 3.63) is 35.5 Å². The molecule has 3 aliphatic carbocycles. The molecule has 0 aromatic carbocycles. The maximum absolute atomic E-state index is 13.2. The normalized spacial score (nSPS) is 42.9. The molecule has 0 aromatic heterocycles. The Morgan fingerprint density at radius 1 is 1.28 bits per heavy atom. The molecule has 0 aromatic rings. The van der Waals surface area contributed by atoms with Gasteiger partial charge in [-0.1, -0.05) is 38.2 Å². The summed E-state index contributed by atoms with van der Waals surface area (Å²) in [7, 11) is 0. The van der Waals surface area contributed by atoms with Gasteiger partial charge in [-0.3, -0.25) is 4.90 Å². The summed E-state index contributed by atoms with van der Waals surface area (Å²) in [5.74, 6) is 1.94. The van der Waals surface area contributed by atoms with Gasteiger partial charge < -0.3 is 10.2 Å². The first-order valence-electron chi connectivity index (χ1n) is 11.6. The monoisotopic (exact) mass is 403 g/mol. The van der Waals surface area contributed by atoms with Crippen molar-refractivity contribution < 1.29 is 14.6 Å². The van der Waals surface area contributed by atoms with Crippen LogP contribution >= 0.6 is 0 Å². The molecule has 29 heavy (non-hydrogen) atoms. The fraction of sp³-hybridized carbons (Fsp3) is 0.760. The van der Waals surface area contributed by atoms with Crippen molar-refractivity contribution in [2.45, 2.75) is 77.2 Å². The third-order valence-electron chi connectivity index (χ3n) is 8.45. The second kappa shape index (κ2) is 8.28. The van der Waals surface area contributed by atoms with Gasteiger partial charge in [-0.15, -0.1) is 0 Å². The zero-order valence-electron chi connectivity index (χ0n) is 18.1. The van der Waals surface area contributed by atoms with Crippen LogP contribution in [0.3, 0.4) is 0 Å². The lowest BCUT2D eigenvalue weighted by Gasteiger charge is -2.46. The van der Waals surface area contributed by atoms with E-state index in [1.54, 1.807) is 0 Å². The largest absolute Gasteiger partial charge is 0.393 e. The van der Waals surface area contributed by atoms with Crippen molar-refractivity contribution in [2.75, 3.05) is 19.6 Å². The zero-order chi connectivity index (χ0) is 20.8. The standard InChI is InChI=1S/C25H38FNO2/c1-16(13-27-14-20(26)15-27)22-8-9-23-18(5-4-10-25(22,23)3)6-7-19-11-21(28)12-24(29)17(19)2/h6-7,16,20-24,28-29H,2,4-5,8-15H2,1,3H3/b18-6+,19-7-/t16?,21-,22-,23+,24+,25-/m1/s1. The fourth-order valence-electron chi connectivity index (χ4n) is 6.87. The Kier molecular flexibility index (Phi) is 6.07. The molecular weight excluding hydrogens is 365 g/mol. The summed E-state index contributed by atoms with van der Waals surface area (Å²) in [6.45, 7) is 11.2.